The van der Waals surface area contributed by atoms with E-state index in [0.29, 0.717) is 15.6 Å². The molecular formula is C13H12Cl2N6O3. The molecule has 0 aliphatic heterocycles. The van der Waals surface area contributed by atoms with E-state index in [0.717, 1.165) is 0 Å². The van der Waals surface area contributed by atoms with E-state index < -0.39 is 17.2 Å². The number of carbonyl (C=O) groups is 1. The molecule has 0 fully saturated rings. The maximum Gasteiger partial charge on any atom is 0.342 e. The van der Waals surface area contributed by atoms with Crippen LogP contribution in [0.2, 0.25) is 10.0 Å². The van der Waals surface area contributed by atoms with Crippen LogP contribution in [0.4, 0.5) is 5.82 Å². The third-order valence-electron chi connectivity index (χ3n) is 2.74. The average molecular weight is 371 g/mol. The van der Waals surface area contributed by atoms with Crippen LogP contribution in [0, 0.1) is 0 Å². The Morgan fingerprint density at radius 2 is 2.00 bits per heavy atom. The number of halogens is 2. The summed E-state index contributed by atoms with van der Waals surface area (Å²) >= 11 is 11.9. The molecule has 0 aliphatic carbocycles. The summed E-state index contributed by atoms with van der Waals surface area (Å²) in [4.78, 5) is 35.8. The van der Waals surface area contributed by atoms with Crippen LogP contribution in [0.1, 0.15) is 12.0 Å². The van der Waals surface area contributed by atoms with Crippen LogP contribution >= 0.6 is 23.2 Å². The molecule has 24 heavy (non-hydrogen) atoms. The molecule has 0 saturated carbocycles. The Morgan fingerprint density at radius 1 is 1.29 bits per heavy atom. The van der Waals surface area contributed by atoms with Crippen molar-refractivity contribution in [1.29, 1.82) is 0 Å². The molecule has 2 rings (SSSR count). The monoisotopic (exact) mass is 370 g/mol. The lowest BCUT2D eigenvalue weighted by Crippen LogP contribution is -2.28. The van der Waals surface area contributed by atoms with Gasteiger partial charge in [0.25, 0.3) is 5.56 Å². The number of hydrogen-bond acceptors (Lipinski definition) is 6. The van der Waals surface area contributed by atoms with Gasteiger partial charge in [0.15, 0.2) is 0 Å². The lowest BCUT2D eigenvalue weighted by atomic mass is 10.2. The number of aromatic nitrogens is 3. The molecule has 1 heterocycles. The van der Waals surface area contributed by atoms with Crippen molar-refractivity contribution in [3.05, 3.63) is 54.6 Å². The number of hydrazone groups is 1. The van der Waals surface area contributed by atoms with Gasteiger partial charge in [-0.25, -0.2) is 15.3 Å². The van der Waals surface area contributed by atoms with E-state index in [-0.39, 0.29) is 18.8 Å². The summed E-state index contributed by atoms with van der Waals surface area (Å²) in [5.41, 5.74) is 1.41. The summed E-state index contributed by atoms with van der Waals surface area (Å²) in [7, 11) is 0. The number of aromatic amines is 2. The molecule has 0 unspecified atom stereocenters. The van der Waals surface area contributed by atoms with E-state index in [4.69, 9.17) is 23.2 Å². The number of amides is 1. The molecule has 1 aromatic heterocycles. The van der Waals surface area contributed by atoms with Crippen molar-refractivity contribution < 1.29 is 4.79 Å². The predicted molar refractivity (Wildman–Crippen MR) is 90.8 cm³/mol. The first-order valence-corrected chi connectivity index (χ1v) is 7.42. The molecule has 2 aromatic rings. The lowest BCUT2D eigenvalue weighted by molar-refractivity contribution is -0.120. The molecule has 0 aliphatic rings. The molecular weight excluding hydrogens is 359 g/mol. The molecule has 0 saturated heterocycles. The van der Waals surface area contributed by atoms with Crippen molar-refractivity contribution in [3.8, 4) is 0 Å². The molecule has 0 atom stereocenters. The number of rotatable bonds is 6. The number of benzene rings is 1. The van der Waals surface area contributed by atoms with Crippen LogP contribution in [0.25, 0.3) is 0 Å². The van der Waals surface area contributed by atoms with Gasteiger partial charge < -0.3 is 5.32 Å². The molecule has 1 aromatic carbocycles. The van der Waals surface area contributed by atoms with Gasteiger partial charge in [-0.3, -0.25) is 14.6 Å². The van der Waals surface area contributed by atoms with Crippen molar-refractivity contribution >= 4 is 41.1 Å². The molecule has 0 radical (unpaired) electrons. The second-order valence-electron chi connectivity index (χ2n) is 4.46. The largest absolute Gasteiger partial charge is 0.364 e. The smallest absolute Gasteiger partial charge is 0.342 e. The molecule has 126 valence electrons. The van der Waals surface area contributed by atoms with Gasteiger partial charge in [0.05, 0.1) is 16.3 Å². The van der Waals surface area contributed by atoms with Gasteiger partial charge in [0, 0.05) is 18.5 Å². The van der Waals surface area contributed by atoms with Gasteiger partial charge >= 0.3 is 5.69 Å². The Bertz CT molecular complexity index is 856. The van der Waals surface area contributed by atoms with Crippen LogP contribution < -0.4 is 22.0 Å². The molecule has 4 N–H and O–H groups in total. The fourth-order valence-electron chi connectivity index (χ4n) is 1.62. The fourth-order valence-corrected chi connectivity index (χ4v) is 2.12. The maximum absolute atomic E-state index is 11.6. The highest BCUT2D eigenvalue weighted by Gasteiger charge is 2.05. The van der Waals surface area contributed by atoms with E-state index in [2.05, 4.69) is 26.0 Å². The summed E-state index contributed by atoms with van der Waals surface area (Å²) in [6.45, 7) is 0.121. The third kappa shape index (κ3) is 4.93. The minimum atomic E-state index is -0.712. The van der Waals surface area contributed by atoms with E-state index in [1.807, 2.05) is 4.98 Å². The van der Waals surface area contributed by atoms with E-state index >= 15 is 0 Å². The van der Waals surface area contributed by atoms with Gasteiger partial charge in [-0.2, -0.15) is 5.10 Å². The summed E-state index contributed by atoms with van der Waals surface area (Å²) in [6, 6.07) is 4.99. The Morgan fingerprint density at radius 3 is 2.67 bits per heavy atom. The van der Waals surface area contributed by atoms with Crippen LogP contribution in [-0.4, -0.2) is 33.8 Å². The highest BCUT2D eigenvalue weighted by molar-refractivity contribution is 6.38. The number of hydrogen-bond donors (Lipinski definition) is 4. The first kappa shape index (κ1) is 17.7. The Hall–Kier alpha value is -2.65. The highest BCUT2D eigenvalue weighted by atomic mass is 35.5. The van der Waals surface area contributed by atoms with Crippen molar-refractivity contribution in [2.75, 3.05) is 11.9 Å². The topological polar surface area (TPSA) is 132 Å². The second-order valence-corrected chi connectivity index (χ2v) is 5.28. The minimum absolute atomic E-state index is 0.0217. The van der Waals surface area contributed by atoms with Gasteiger partial charge in [-0.1, -0.05) is 29.3 Å². The van der Waals surface area contributed by atoms with Crippen LogP contribution in [0.15, 0.2) is 32.9 Å². The zero-order valence-corrected chi connectivity index (χ0v) is 13.6. The van der Waals surface area contributed by atoms with Gasteiger partial charge in [-0.05, 0) is 12.1 Å². The summed E-state index contributed by atoms with van der Waals surface area (Å²) in [6.07, 6.45) is 1.36. The first-order valence-electron chi connectivity index (χ1n) is 6.66. The van der Waals surface area contributed by atoms with Crippen molar-refractivity contribution in [2.24, 2.45) is 5.10 Å². The molecule has 11 heteroatoms. The van der Waals surface area contributed by atoms with Crippen molar-refractivity contribution in [1.82, 2.24) is 20.6 Å². The summed E-state index contributed by atoms with van der Waals surface area (Å²) < 4.78 is 0. The zero-order valence-electron chi connectivity index (χ0n) is 12.1. The SMILES string of the molecule is O=C(CCNc1n[nH]c(=O)[nH]c1=O)N/N=C/c1c(Cl)cccc1Cl. The Labute approximate surface area is 145 Å². The summed E-state index contributed by atoms with van der Waals surface area (Å²) in [5.74, 6) is -0.489. The van der Waals surface area contributed by atoms with E-state index in [1.54, 1.807) is 18.2 Å². The van der Waals surface area contributed by atoms with Crippen molar-refractivity contribution in [2.45, 2.75) is 6.42 Å². The predicted octanol–water partition coefficient (Wildman–Crippen LogP) is 0.717. The van der Waals surface area contributed by atoms with E-state index in [9.17, 15) is 14.4 Å². The highest BCUT2D eigenvalue weighted by Crippen LogP contribution is 2.21. The molecule has 9 nitrogen and oxygen atoms in total. The standard InChI is InChI=1S/C13H12Cl2N6O3/c14-8-2-1-3-9(15)7(8)6-17-19-10(22)4-5-16-11-12(23)18-13(24)21-20-11/h1-3,6H,4-5H2,(H,16,20)(H,19,22)(H2,18,21,23,24)/b17-6+. The quantitative estimate of drug-likeness (QED) is 0.439. The van der Waals surface area contributed by atoms with Gasteiger partial charge in [0.2, 0.25) is 11.7 Å². The number of H-pyrrole nitrogens is 2. The second kappa shape index (κ2) is 8.27. The number of nitrogens with one attached hydrogen (secondary N) is 4. The maximum atomic E-state index is 11.6. The van der Waals surface area contributed by atoms with Gasteiger partial charge in [0.1, 0.15) is 0 Å². The Kier molecular flexibility index (Phi) is 6.10. The molecule has 0 bridgehead atoms. The number of anilines is 1. The van der Waals surface area contributed by atoms with Crippen LogP contribution in [0.5, 0.6) is 0 Å². The fraction of sp³-hybridized carbons (Fsp3) is 0.154. The van der Waals surface area contributed by atoms with Gasteiger partial charge in [-0.15, -0.1) is 5.10 Å². The number of nitrogens with zero attached hydrogens (tertiary/aromatic N) is 2. The Balaban J connectivity index is 1.82. The lowest BCUT2D eigenvalue weighted by Gasteiger charge is -2.03. The zero-order chi connectivity index (χ0) is 17.5. The van der Waals surface area contributed by atoms with Crippen LogP contribution in [-0.2, 0) is 4.79 Å². The first-order chi connectivity index (χ1) is 11.5. The molecule has 1 amide bonds. The van der Waals surface area contributed by atoms with Crippen molar-refractivity contribution in [3.63, 3.8) is 0 Å². The summed E-state index contributed by atoms with van der Waals surface area (Å²) in [5, 5.41) is 12.8. The normalized spacial score (nSPS) is 10.8. The van der Waals surface area contributed by atoms with Crippen LogP contribution in [0.3, 0.4) is 0 Å². The minimum Gasteiger partial charge on any atom is -0.364 e. The average Bonchev–Trinajstić information content (AvgIpc) is 2.52. The third-order valence-corrected chi connectivity index (χ3v) is 3.40. The van der Waals surface area contributed by atoms with E-state index in [1.165, 1.54) is 6.21 Å². The molecule has 0 spiro atoms. The number of carbonyl (C=O) groups excluding carboxylic acids is 1.